The van der Waals surface area contributed by atoms with Gasteiger partial charge in [0.1, 0.15) is 10.6 Å². The Kier molecular flexibility index (Phi) is 7.98. The summed E-state index contributed by atoms with van der Waals surface area (Å²) in [7, 11) is -2.48. The number of halogens is 3. The predicted octanol–water partition coefficient (Wildman–Crippen LogP) is 2.64. The lowest BCUT2D eigenvalue weighted by atomic mass is 10.0. The molecule has 0 aliphatic carbocycles. The number of nitrogens with zero attached hydrogens (tertiary/aromatic N) is 1. The van der Waals surface area contributed by atoms with Crippen LogP contribution in [-0.4, -0.2) is 58.6 Å². The van der Waals surface area contributed by atoms with Crippen molar-refractivity contribution in [2.75, 3.05) is 40.0 Å². The first-order valence-electron chi connectivity index (χ1n) is 10.3. The van der Waals surface area contributed by atoms with Crippen LogP contribution in [0.1, 0.15) is 16.7 Å². The quantitative estimate of drug-likeness (QED) is 0.620. The van der Waals surface area contributed by atoms with Gasteiger partial charge in [0.15, 0.2) is 0 Å². The van der Waals surface area contributed by atoms with E-state index in [-0.39, 0.29) is 48.7 Å². The monoisotopic (exact) mass is 486 g/mol. The summed E-state index contributed by atoms with van der Waals surface area (Å²) in [5.74, 6) is -0.270. The molecule has 33 heavy (non-hydrogen) atoms. The van der Waals surface area contributed by atoms with Crippen molar-refractivity contribution in [3.05, 3.63) is 59.2 Å². The number of rotatable bonds is 8. The van der Waals surface area contributed by atoms with Gasteiger partial charge in [0.05, 0.1) is 32.3 Å². The van der Waals surface area contributed by atoms with Crippen molar-refractivity contribution in [2.24, 2.45) is 0 Å². The number of benzene rings is 2. The maximum Gasteiger partial charge on any atom is 0.416 e. The normalized spacial score (nSPS) is 15.3. The van der Waals surface area contributed by atoms with Crippen molar-refractivity contribution in [3.63, 3.8) is 0 Å². The first-order chi connectivity index (χ1) is 15.6. The van der Waals surface area contributed by atoms with Gasteiger partial charge in [-0.15, -0.1) is 0 Å². The minimum Gasteiger partial charge on any atom is -0.495 e. The number of nitrogens with one attached hydrogen (secondary N) is 1. The van der Waals surface area contributed by atoms with Crippen molar-refractivity contribution >= 4 is 15.9 Å². The number of sulfonamides is 1. The molecule has 0 radical (unpaired) electrons. The van der Waals surface area contributed by atoms with Gasteiger partial charge in [0.25, 0.3) is 0 Å². The van der Waals surface area contributed by atoms with Crippen LogP contribution in [-0.2, 0) is 38.6 Å². The molecule has 0 unspecified atom stereocenters. The SMILES string of the molecule is COc1ccc(CC(=O)NCCc2ccccc2C(F)(F)F)cc1S(=O)(=O)N1CCOCC1. The highest BCUT2D eigenvalue weighted by Gasteiger charge is 2.33. The predicted molar refractivity (Wildman–Crippen MR) is 114 cm³/mol. The van der Waals surface area contributed by atoms with Gasteiger partial charge in [-0.05, 0) is 35.7 Å². The number of alkyl halides is 3. The zero-order valence-corrected chi connectivity index (χ0v) is 18.8. The lowest BCUT2D eigenvalue weighted by Gasteiger charge is -2.26. The Hall–Kier alpha value is -2.63. The molecule has 0 saturated carbocycles. The fourth-order valence-corrected chi connectivity index (χ4v) is 5.17. The van der Waals surface area contributed by atoms with Crippen LogP contribution in [0.2, 0.25) is 0 Å². The van der Waals surface area contributed by atoms with Gasteiger partial charge >= 0.3 is 6.18 Å². The number of hydrogen-bond donors (Lipinski definition) is 1. The summed E-state index contributed by atoms with van der Waals surface area (Å²) in [6.45, 7) is 1.04. The molecule has 11 heteroatoms. The number of methoxy groups -OCH3 is 1. The van der Waals surface area contributed by atoms with Gasteiger partial charge in [-0.25, -0.2) is 8.42 Å². The van der Waals surface area contributed by atoms with Crippen molar-refractivity contribution in [1.29, 1.82) is 0 Å². The first kappa shape index (κ1) is 25.0. The Morgan fingerprint density at radius 3 is 2.52 bits per heavy atom. The van der Waals surface area contributed by atoms with Gasteiger partial charge in [0, 0.05) is 19.6 Å². The molecular formula is C22H25F3N2O5S. The molecule has 180 valence electrons. The summed E-state index contributed by atoms with van der Waals surface area (Å²) >= 11 is 0. The molecule has 1 aliphatic heterocycles. The topological polar surface area (TPSA) is 84.9 Å². The number of carbonyl (C=O) groups is 1. The molecule has 2 aromatic rings. The van der Waals surface area contributed by atoms with E-state index in [9.17, 15) is 26.4 Å². The van der Waals surface area contributed by atoms with E-state index >= 15 is 0 Å². The van der Waals surface area contributed by atoms with Crippen LogP contribution >= 0.6 is 0 Å². The van der Waals surface area contributed by atoms with Crippen LogP contribution in [0.25, 0.3) is 0 Å². The fraction of sp³-hybridized carbons (Fsp3) is 0.409. The highest BCUT2D eigenvalue weighted by molar-refractivity contribution is 7.89. The smallest absolute Gasteiger partial charge is 0.416 e. The molecule has 1 amide bonds. The summed E-state index contributed by atoms with van der Waals surface area (Å²) in [4.78, 5) is 12.3. The Labute approximate surface area is 190 Å². The van der Waals surface area contributed by atoms with Crippen LogP contribution in [0.4, 0.5) is 13.2 Å². The van der Waals surface area contributed by atoms with E-state index in [1.165, 1.54) is 41.7 Å². The van der Waals surface area contributed by atoms with Gasteiger partial charge in [-0.2, -0.15) is 17.5 Å². The largest absolute Gasteiger partial charge is 0.495 e. The number of ether oxygens (including phenoxy) is 2. The third-order valence-electron chi connectivity index (χ3n) is 5.22. The third-order valence-corrected chi connectivity index (χ3v) is 7.14. The first-order valence-corrected chi connectivity index (χ1v) is 11.7. The van der Waals surface area contributed by atoms with Gasteiger partial charge in [-0.3, -0.25) is 4.79 Å². The molecule has 0 aromatic heterocycles. The van der Waals surface area contributed by atoms with Crippen LogP contribution in [0.5, 0.6) is 5.75 Å². The molecule has 0 bridgehead atoms. The summed E-state index contributed by atoms with van der Waals surface area (Å²) in [5, 5.41) is 2.59. The molecule has 0 atom stereocenters. The fourth-order valence-electron chi connectivity index (χ4n) is 3.56. The van der Waals surface area contributed by atoms with Crippen LogP contribution < -0.4 is 10.1 Å². The minimum atomic E-state index is -4.47. The van der Waals surface area contributed by atoms with E-state index in [2.05, 4.69) is 5.32 Å². The van der Waals surface area contributed by atoms with Crippen molar-refractivity contribution in [2.45, 2.75) is 23.9 Å². The van der Waals surface area contributed by atoms with Crippen molar-refractivity contribution in [3.8, 4) is 5.75 Å². The lowest BCUT2D eigenvalue weighted by molar-refractivity contribution is -0.138. The number of morpholine rings is 1. The minimum absolute atomic E-state index is 0.0146. The second kappa shape index (κ2) is 10.5. The van der Waals surface area contributed by atoms with E-state index < -0.39 is 27.7 Å². The van der Waals surface area contributed by atoms with Crippen molar-refractivity contribution < 1.29 is 35.9 Å². The van der Waals surface area contributed by atoms with Gasteiger partial charge in [-0.1, -0.05) is 24.3 Å². The molecule has 1 N–H and O–H groups in total. The number of amides is 1. The molecule has 3 rings (SSSR count). The second-order valence-electron chi connectivity index (χ2n) is 7.43. The molecule has 1 heterocycles. The Balaban J connectivity index is 1.67. The van der Waals surface area contributed by atoms with Gasteiger partial charge in [0.2, 0.25) is 15.9 Å². The molecule has 0 spiro atoms. The summed E-state index contributed by atoms with van der Waals surface area (Å²) in [6.07, 6.45) is -4.58. The zero-order chi connectivity index (χ0) is 24.1. The Bertz CT molecular complexity index is 1080. The van der Waals surface area contributed by atoms with E-state index in [4.69, 9.17) is 9.47 Å². The van der Waals surface area contributed by atoms with E-state index in [1.807, 2.05) is 0 Å². The van der Waals surface area contributed by atoms with Crippen LogP contribution in [0.3, 0.4) is 0 Å². The average Bonchev–Trinajstić information content (AvgIpc) is 2.79. The average molecular weight is 487 g/mol. The summed E-state index contributed by atoms with van der Waals surface area (Å²) < 4.78 is 77.1. The third kappa shape index (κ3) is 6.24. The molecule has 7 nitrogen and oxygen atoms in total. The van der Waals surface area contributed by atoms with E-state index in [0.717, 1.165) is 6.07 Å². The maximum atomic E-state index is 13.1. The molecular weight excluding hydrogens is 461 g/mol. The van der Waals surface area contributed by atoms with Crippen LogP contribution in [0.15, 0.2) is 47.4 Å². The van der Waals surface area contributed by atoms with Crippen LogP contribution in [0, 0.1) is 0 Å². The highest BCUT2D eigenvalue weighted by atomic mass is 32.2. The molecule has 2 aromatic carbocycles. The highest BCUT2D eigenvalue weighted by Crippen LogP contribution is 2.32. The molecule has 1 fully saturated rings. The molecule has 1 aliphatic rings. The van der Waals surface area contributed by atoms with E-state index in [1.54, 1.807) is 6.07 Å². The Morgan fingerprint density at radius 2 is 1.85 bits per heavy atom. The Morgan fingerprint density at radius 1 is 1.15 bits per heavy atom. The van der Waals surface area contributed by atoms with E-state index in [0.29, 0.717) is 18.8 Å². The second-order valence-corrected chi connectivity index (χ2v) is 9.34. The van der Waals surface area contributed by atoms with Gasteiger partial charge < -0.3 is 14.8 Å². The zero-order valence-electron chi connectivity index (χ0n) is 18.0. The summed E-state index contributed by atoms with van der Waals surface area (Å²) in [5.41, 5.74) is -0.197. The maximum absolute atomic E-state index is 13.1. The standard InChI is InChI=1S/C22H25F3N2O5S/c1-31-19-7-6-16(14-20(19)33(29,30)27-10-12-32-13-11-27)15-21(28)26-9-8-17-4-2-3-5-18(17)22(23,24)25/h2-7,14H,8-13,15H2,1H3,(H,26,28). The number of hydrogen-bond acceptors (Lipinski definition) is 5. The number of carbonyl (C=O) groups excluding carboxylic acids is 1. The van der Waals surface area contributed by atoms with Crippen molar-refractivity contribution in [1.82, 2.24) is 9.62 Å². The summed E-state index contributed by atoms with van der Waals surface area (Å²) in [6, 6.07) is 9.66. The molecule has 1 saturated heterocycles. The lowest BCUT2D eigenvalue weighted by Crippen LogP contribution is -2.40.